The number of ether oxygens (including phenoxy) is 2. The molecule has 1 aromatic carbocycles. The molecule has 0 atom stereocenters. The summed E-state index contributed by atoms with van der Waals surface area (Å²) in [5.74, 6) is 1.32. The second-order valence-corrected chi connectivity index (χ2v) is 6.28. The molecule has 8 nitrogen and oxygen atoms in total. The van der Waals surface area contributed by atoms with Crippen molar-refractivity contribution in [3.8, 4) is 27.9 Å². The van der Waals surface area contributed by atoms with Gasteiger partial charge in [-0.2, -0.15) is 4.98 Å². The first-order valence-electron chi connectivity index (χ1n) is 7.86. The molecule has 0 bridgehead atoms. The molecular weight excluding hydrogens is 370 g/mol. The summed E-state index contributed by atoms with van der Waals surface area (Å²) in [6, 6.07) is 11.1. The predicted molar refractivity (Wildman–Crippen MR) is 95.2 cm³/mol. The molecule has 0 aliphatic carbocycles. The summed E-state index contributed by atoms with van der Waals surface area (Å²) in [4.78, 5) is 20.7. The molecule has 3 aromatic heterocycles. The first-order chi connectivity index (χ1) is 13.2. The Kier molecular flexibility index (Phi) is 4.67. The van der Waals surface area contributed by atoms with E-state index in [0.29, 0.717) is 17.5 Å². The third-order valence-corrected chi connectivity index (χ3v) is 4.44. The van der Waals surface area contributed by atoms with E-state index in [1.54, 1.807) is 12.1 Å². The molecule has 136 valence electrons. The number of aromatic nitrogens is 3. The lowest BCUT2D eigenvalue weighted by Crippen LogP contribution is -2.02. The number of rotatable bonds is 6. The third-order valence-electron chi connectivity index (χ3n) is 3.58. The van der Waals surface area contributed by atoms with Gasteiger partial charge in [0.05, 0.1) is 12.0 Å². The minimum atomic E-state index is -0.559. The Hall–Kier alpha value is -3.46. The minimum Gasteiger partial charge on any atom is -0.484 e. The minimum absolute atomic E-state index is 0.0844. The van der Waals surface area contributed by atoms with Crippen molar-refractivity contribution in [1.82, 2.24) is 15.1 Å². The van der Waals surface area contributed by atoms with Gasteiger partial charge in [-0.15, -0.1) is 11.3 Å². The lowest BCUT2D eigenvalue weighted by molar-refractivity contribution is 0.0594. The Morgan fingerprint density at radius 3 is 2.78 bits per heavy atom. The van der Waals surface area contributed by atoms with E-state index >= 15 is 0 Å². The molecule has 0 fully saturated rings. The smallest absolute Gasteiger partial charge is 0.360 e. The first-order valence-corrected chi connectivity index (χ1v) is 8.74. The van der Waals surface area contributed by atoms with Crippen molar-refractivity contribution in [3.63, 3.8) is 0 Å². The summed E-state index contributed by atoms with van der Waals surface area (Å²) in [5.41, 5.74) is 0.906. The summed E-state index contributed by atoms with van der Waals surface area (Å²) in [7, 11) is 1.28. The van der Waals surface area contributed by atoms with Gasteiger partial charge in [0.25, 0.3) is 5.89 Å². The van der Waals surface area contributed by atoms with E-state index in [0.717, 1.165) is 10.4 Å². The molecule has 27 heavy (non-hydrogen) atoms. The standard InChI is InChI=1S/C18H13N3O5S/c1-23-18(22)13-9-25-15(19-13)10-24-12-6-4-11(5-7-12)16-20-17(26-21-16)14-3-2-8-27-14/h2-9H,10H2,1H3. The second kappa shape index (κ2) is 7.42. The van der Waals surface area contributed by atoms with Crippen LogP contribution in [-0.2, 0) is 11.3 Å². The fourth-order valence-corrected chi connectivity index (χ4v) is 2.91. The van der Waals surface area contributed by atoms with Crippen LogP contribution in [0.15, 0.2) is 57.0 Å². The highest BCUT2D eigenvalue weighted by Gasteiger charge is 2.13. The molecule has 0 unspecified atom stereocenters. The average molecular weight is 383 g/mol. The zero-order valence-corrected chi connectivity index (χ0v) is 14.9. The molecule has 4 aromatic rings. The van der Waals surface area contributed by atoms with E-state index in [2.05, 4.69) is 19.9 Å². The Morgan fingerprint density at radius 2 is 2.04 bits per heavy atom. The van der Waals surface area contributed by atoms with E-state index in [9.17, 15) is 4.79 Å². The SMILES string of the molecule is COC(=O)c1coc(COc2ccc(-c3noc(-c4cccs4)n3)cc2)n1. The number of thiophene rings is 1. The number of carbonyl (C=O) groups excluding carboxylic acids is 1. The molecule has 9 heteroatoms. The summed E-state index contributed by atoms with van der Waals surface area (Å²) in [6.07, 6.45) is 1.23. The van der Waals surface area contributed by atoms with Crippen LogP contribution in [0, 0.1) is 0 Å². The molecule has 0 aliphatic heterocycles. The van der Waals surface area contributed by atoms with Gasteiger partial charge < -0.3 is 18.4 Å². The Labute approximate surface area is 157 Å². The summed E-state index contributed by atoms with van der Waals surface area (Å²) < 4.78 is 20.6. The molecule has 0 N–H and O–H groups in total. The van der Waals surface area contributed by atoms with E-state index in [1.165, 1.54) is 24.7 Å². The van der Waals surface area contributed by atoms with Gasteiger partial charge in [-0.25, -0.2) is 9.78 Å². The maximum atomic E-state index is 11.3. The quantitative estimate of drug-likeness (QED) is 0.463. The number of oxazole rings is 1. The van der Waals surface area contributed by atoms with Crippen LogP contribution in [0.1, 0.15) is 16.4 Å². The van der Waals surface area contributed by atoms with Crippen LogP contribution in [0.25, 0.3) is 22.2 Å². The van der Waals surface area contributed by atoms with Crippen molar-refractivity contribution < 1.29 is 23.2 Å². The Bertz CT molecular complexity index is 1040. The van der Waals surface area contributed by atoms with Gasteiger partial charge in [-0.3, -0.25) is 0 Å². The van der Waals surface area contributed by atoms with Crippen molar-refractivity contribution in [2.75, 3.05) is 7.11 Å². The topological polar surface area (TPSA) is 100 Å². The summed E-state index contributed by atoms with van der Waals surface area (Å²) in [6.45, 7) is 0.0844. The average Bonchev–Trinajstić information content (AvgIpc) is 3.47. The largest absolute Gasteiger partial charge is 0.484 e. The second-order valence-electron chi connectivity index (χ2n) is 5.33. The van der Waals surface area contributed by atoms with Crippen LogP contribution < -0.4 is 4.74 Å². The molecule has 3 heterocycles. The molecule has 0 amide bonds. The number of benzene rings is 1. The first kappa shape index (κ1) is 17.0. The normalized spacial score (nSPS) is 10.7. The molecule has 0 spiro atoms. The number of hydrogen-bond acceptors (Lipinski definition) is 9. The highest BCUT2D eigenvalue weighted by Crippen LogP contribution is 2.26. The fraction of sp³-hybridized carbons (Fsp3) is 0.111. The van der Waals surface area contributed by atoms with Gasteiger partial charge in [0, 0.05) is 5.56 Å². The molecule has 0 radical (unpaired) electrons. The molecule has 0 aliphatic rings. The number of carbonyl (C=O) groups is 1. The number of esters is 1. The van der Waals surface area contributed by atoms with Gasteiger partial charge in [0.15, 0.2) is 12.3 Å². The maximum absolute atomic E-state index is 11.3. The fourth-order valence-electron chi connectivity index (χ4n) is 2.26. The van der Waals surface area contributed by atoms with Crippen molar-refractivity contribution >= 4 is 17.3 Å². The van der Waals surface area contributed by atoms with Crippen molar-refractivity contribution in [2.24, 2.45) is 0 Å². The molecular formula is C18H13N3O5S. The van der Waals surface area contributed by atoms with Crippen LogP contribution in [0.3, 0.4) is 0 Å². The van der Waals surface area contributed by atoms with Crippen molar-refractivity contribution in [1.29, 1.82) is 0 Å². The van der Waals surface area contributed by atoms with E-state index in [4.69, 9.17) is 13.7 Å². The van der Waals surface area contributed by atoms with Crippen LogP contribution in [0.5, 0.6) is 5.75 Å². The highest BCUT2D eigenvalue weighted by molar-refractivity contribution is 7.13. The van der Waals surface area contributed by atoms with Crippen LogP contribution in [-0.4, -0.2) is 28.2 Å². The van der Waals surface area contributed by atoms with Crippen LogP contribution >= 0.6 is 11.3 Å². The van der Waals surface area contributed by atoms with E-state index < -0.39 is 5.97 Å². The van der Waals surface area contributed by atoms with Gasteiger partial charge in [0.1, 0.15) is 12.0 Å². The van der Waals surface area contributed by atoms with Gasteiger partial charge in [-0.05, 0) is 35.7 Å². The van der Waals surface area contributed by atoms with E-state index in [1.807, 2.05) is 29.6 Å². The molecule has 0 saturated carbocycles. The molecule has 0 saturated heterocycles. The molecule has 4 rings (SSSR count). The van der Waals surface area contributed by atoms with E-state index in [-0.39, 0.29) is 18.2 Å². The zero-order valence-electron chi connectivity index (χ0n) is 14.1. The van der Waals surface area contributed by atoms with Gasteiger partial charge >= 0.3 is 5.97 Å². The maximum Gasteiger partial charge on any atom is 0.360 e. The summed E-state index contributed by atoms with van der Waals surface area (Å²) in [5, 5.41) is 5.96. The monoisotopic (exact) mass is 383 g/mol. The predicted octanol–water partition coefficient (Wildman–Crippen LogP) is 3.82. The van der Waals surface area contributed by atoms with Crippen LogP contribution in [0.4, 0.5) is 0 Å². The Morgan fingerprint density at radius 1 is 1.19 bits per heavy atom. The zero-order chi connectivity index (χ0) is 18.6. The number of hydrogen-bond donors (Lipinski definition) is 0. The van der Waals surface area contributed by atoms with Gasteiger partial charge in [-0.1, -0.05) is 11.2 Å². The van der Waals surface area contributed by atoms with Crippen LogP contribution in [0.2, 0.25) is 0 Å². The third kappa shape index (κ3) is 3.72. The lowest BCUT2D eigenvalue weighted by Gasteiger charge is -2.03. The van der Waals surface area contributed by atoms with Crippen molar-refractivity contribution in [2.45, 2.75) is 6.61 Å². The number of nitrogens with zero attached hydrogens (tertiary/aromatic N) is 3. The number of methoxy groups -OCH3 is 1. The van der Waals surface area contributed by atoms with Gasteiger partial charge in [0.2, 0.25) is 11.7 Å². The Balaban J connectivity index is 1.40. The summed E-state index contributed by atoms with van der Waals surface area (Å²) >= 11 is 1.54. The lowest BCUT2D eigenvalue weighted by atomic mass is 10.2. The highest BCUT2D eigenvalue weighted by atomic mass is 32.1. The van der Waals surface area contributed by atoms with Crippen molar-refractivity contribution in [3.05, 3.63) is 59.6 Å².